The van der Waals surface area contributed by atoms with E-state index in [1.54, 1.807) is 0 Å². The molecular formula is C6H9NO2. The fourth-order valence-corrected chi connectivity index (χ4v) is 1.65. The molecule has 0 radical (unpaired) electrons. The number of hydrogen-bond acceptors (Lipinski definition) is 3. The third-order valence-corrected chi connectivity index (χ3v) is 2.32. The van der Waals surface area contributed by atoms with Crippen molar-refractivity contribution < 1.29 is 9.90 Å². The minimum absolute atomic E-state index is 0.0324. The molecule has 0 spiro atoms. The van der Waals surface area contributed by atoms with Crippen LogP contribution in [0.3, 0.4) is 0 Å². The average Bonchev–Trinajstić information content (AvgIpc) is 2.30. The summed E-state index contributed by atoms with van der Waals surface area (Å²) in [5, 5.41) is 12.1. The van der Waals surface area contributed by atoms with Crippen LogP contribution in [-0.2, 0) is 4.79 Å². The second-order valence-corrected chi connectivity index (χ2v) is 2.78. The molecule has 0 aromatic heterocycles. The standard InChI is InChI=1S/C6H9NO2/c8-5-3-1-7-2-4(3)6(5)9/h3-5,7-8H,1-2H2/t3-,4-,5-/m1/s1. The van der Waals surface area contributed by atoms with Gasteiger partial charge in [-0.1, -0.05) is 0 Å². The first-order valence-corrected chi connectivity index (χ1v) is 3.23. The first kappa shape index (κ1) is 5.38. The maximum absolute atomic E-state index is 10.8. The van der Waals surface area contributed by atoms with Crippen LogP contribution in [0.5, 0.6) is 0 Å². The van der Waals surface area contributed by atoms with Crippen molar-refractivity contribution >= 4 is 5.78 Å². The predicted molar refractivity (Wildman–Crippen MR) is 30.9 cm³/mol. The Bertz CT molecular complexity index is 157. The molecule has 1 saturated heterocycles. The highest BCUT2D eigenvalue weighted by Crippen LogP contribution is 2.33. The van der Waals surface area contributed by atoms with Crippen LogP contribution in [-0.4, -0.2) is 30.1 Å². The van der Waals surface area contributed by atoms with E-state index in [2.05, 4.69) is 5.32 Å². The summed E-state index contributed by atoms with van der Waals surface area (Å²) in [6.07, 6.45) is -0.648. The first-order chi connectivity index (χ1) is 4.30. The number of rotatable bonds is 0. The van der Waals surface area contributed by atoms with Crippen LogP contribution in [0.25, 0.3) is 0 Å². The van der Waals surface area contributed by atoms with Crippen molar-refractivity contribution in [3.8, 4) is 0 Å². The van der Waals surface area contributed by atoms with Crippen LogP contribution in [0.2, 0.25) is 0 Å². The summed E-state index contributed by atoms with van der Waals surface area (Å²) in [4.78, 5) is 10.8. The van der Waals surface area contributed by atoms with Crippen molar-refractivity contribution in [1.82, 2.24) is 5.32 Å². The molecule has 2 fully saturated rings. The Balaban J connectivity index is 2.14. The van der Waals surface area contributed by atoms with Gasteiger partial charge in [-0.3, -0.25) is 4.79 Å². The lowest BCUT2D eigenvalue weighted by Gasteiger charge is -2.33. The lowest BCUT2D eigenvalue weighted by atomic mass is 9.72. The monoisotopic (exact) mass is 127 g/mol. The highest BCUT2D eigenvalue weighted by atomic mass is 16.3. The molecule has 0 unspecified atom stereocenters. The number of hydrogen-bond donors (Lipinski definition) is 2. The molecule has 2 rings (SSSR count). The van der Waals surface area contributed by atoms with E-state index in [1.165, 1.54) is 0 Å². The normalized spacial score (nSPS) is 48.6. The van der Waals surface area contributed by atoms with Gasteiger partial charge in [0, 0.05) is 24.9 Å². The van der Waals surface area contributed by atoms with Gasteiger partial charge in [-0.15, -0.1) is 0 Å². The van der Waals surface area contributed by atoms with Crippen LogP contribution in [0, 0.1) is 11.8 Å². The molecular weight excluding hydrogens is 118 g/mol. The van der Waals surface area contributed by atoms with Crippen molar-refractivity contribution in [3.63, 3.8) is 0 Å². The largest absolute Gasteiger partial charge is 0.385 e. The highest BCUT2D eigenvalue weighted by Gasteiger charge is 2.50. The maximum Gasteiger partial charge on any atom is 0.166 e. The molecule has 2 aliphatic rings. The van der Waals surface area contributed by atoms with Crippen LogP contribution < -0.4 is 5.32 Å². The number of nitrogens with one attached hydrogen (secondary N) is 1. The minimum Gasteiger partial charge on any atom is -0.385 e. The second kappa shape index (κ2) is 1.55. The summed E-state index contributed by atoms with van der Waals surface area (Å²) in [6, 6.07) is 0. The molecule has 2 N–H and O–H groups in total. The molecule has 1 aliphatic carbocycles. The summed E-state index contributed by atoms with van der Waals surface area (Å²) in [5.74, 6) is 0.405. The summed E-state index contributed by atoms with van der Waals surface area (Å²) in [5.41, 5.74) is 0. The van der Waals surface area contributed by atoms with Gasteiger partial charge in [0.05, 0.1) is 0 Å². The molecule has 1 aliphatic heterocycles. The maximum atomic E-state index is 10.8. The average molecular weight is 127 g/mol. The summed E-state index contributed by atoms with van der Waals surface area (Å²) >= 11 is 0. The molecule has 0 aromatic carbocycles. The molecule has 3 heteroatoms. The lowest BCUT2D eigenvalue weighted by Crippen LogP contribution is -2.51. The molecule has 0 bridgehead atoms. The zero-order chi connectivity index (χ0) is 6.43. The summed E-state index contributed by atoms with van der Waals surface area (Å²) in [7, 11) is 0. The Morgan fingerprint density at radius 2 is 2.33 bits per heavy atom. The molecule has 3 atom stereocenters. The minimum atomic E-state index is -0.648. The third-order valence-electron chi connectivity index (χ3n) is 2.32. The van der Waals surface area contributed by atoms with E-state index in [9.17, 15) is 4.79 Å². The summed E-state index contributed by atoms with van der Waals surface area (Å²) < 4.78 is 0. The fraction of sp³-hybridized carbons (Fsp3) is 0.833. The van der Waals surface area contributed by atoms with Crippen LogP contribution in [0.4, 0.5) is 0 Å². The zero-order valence-corrected chi connectivity index (χ0v) is 5.00. The van der Waals surface area contributed by atoms with Gasteiger partial charge in [0.15, 0.2) is 5.78 Å². The molecule has 0 aromatic rings. The van der Waals surface area contributed by atoms with Gasteiger partial charge in [0.25, 0.3) is 0 Å². The molecule has 1 heterocycles. The smallest absolute Gasteiger partial charge is 0.166 e. The number of fused-ring (bicyclic) bond motifs is 1. The number of ketones is 1. The van der Waals surface area contributed by atoms with E-state index in [0.29, 0.717) is 0 Å². The number of carbonyl (C=O) groups excluding carboxylic acids is 1. The Hall–Kier alpha value is -0.410. The lowest BCUT2D eigenvalue weighted by molar-refractivity contribution is -0.148. The molecule has 0 amide bonds. The van der Waals surface area contributed by atoms with E-state index >= 15 is 0 Å². The molecule has 50 valence electrons. The van der Waals surface area contributed by atoms with Gasteiger partial charge in [0.1, 0.15) is 6.10 Å². The van der Waals surface area contributed by atoms with Gasteiger partial charge in [-0.25, -0.2) is 0 Å². The van der Waals surface area contributed by atoms with Gasteiger partial charge < -0.3 is 10.4 Å². The fourth-order valence-electron chi connectivity index (χ4n) is 1.65. The van der Waals surface area contributed by atoms with E-state index < -0.39 is 6.10 Å². The second-order valence-electron chi connectivity index (χ2n) is 2.78. The van der Waals surface area contributed by atoms with E-state index in [-0.39, 0.29) is 17.6 Å². The van der Waals surface area contributed by atoms with Gasteiger partial charge in [-0.05, 0) is 0 Å². The van der Waals surface area contributed by atoms with Crippen LogP contribution in [0.15, 0.2) is 0 Å². The van der Waals surface area contributed by atoms with Crippen molar-refractivity contribution in [1.29, 1.82) is 0 Å². The van der Waals surface area contributed by atoms with Crippen molar-refractivity contribution in [3.05, 3.63) is 0 Å². The predicted octanol–water partition coefficient (Wildman–Crippen LogP) is -1.23. The number of aliphatic hydroxyl groups is 1. The van der Waals surface area contributed by atoms with Crippen molar-refractivity contribution in [2.45, 2.75) is 6.10 Å². The Morgan fingerprint density at radius 3 is 3.00 bits per heavy atom. The van der Waals surface area contributed by atoms with Gasteiger partial charge >= 0.3 is 0 Å². The van der Waals surface area contributed by atoms with Crippen LogP contribution >= 0.6 is 0 Å². The molecule has 3 nitrogen and oxygen atoms in total. The Labute approximate surface area is 53.1 Å². The van der Waals surface area contributed by atoms with Gasteiger partial charge in [-0.2, -0.15) is 0 Å². The van der Waals surface area contributed by atoms with Crippen molar-refractivity contribution in [2.75, 3.05) is 13.1 Å². The molecule has 1 saturated carbocycles. The quantitative estimate of drug-likeness (QED) is 0.428. The van der Waals surface area contributed by atoms with E-state index in [4.69, 9.17) is 5.11 Å². The van der Waals surface area contributed by atoms with E-state index in [1.807, 2.05) is 0 Å². The van der Waals surface area contributed by atoms with Crippen molar-refractivity contribution in [2.24, 2.45) is 11.8 Å². The number of Topliss-reactive ketones (excluding diaryl/α,β-unsaturated/α-hetero) is 1. The topological polar surface area (TPSA) is 49.3 Å². The van der Waals surface area contributed by atoms with Crippen LogP contribution in [0.1, 0.15) is 0 Å². The first-order valence-electron chi connectivity index (χ1n) is 3.23. The summed E-state index contributed by atoms with van der Waals surface area (Å²) in [6.45, 7) is 1.60. The number of aliphatic hydroxyl groups excluding tert-OH is 1. The van der Waals surface area contributed by atoms with Gasteiger partial charge in [0.2, 0.25) is 0 Å². The van der Waals surface area contributed by atoms with E-state index in [0.717, 1.165) is 13.1 Å². The SMILES string of the molecule is O=C1[C@H](O)[C@@H]2CNC[C@@H]12. The highest BCUT2D eigenvalue weighted by molar-refractivity contribution is 5.92. The zero-order valence-electron chi connectivity index (χ0n) is 5.00. The third kappa shape index (κ3) is 0.509. The molecule has 9 heavy (non-hydrogen) atoms. The Morgan fingerprint density at radius 1 is 1.56 bits per heavy atom. The number of carbonyl (C=O) groups is 1. The Kier molecular flexibility index (Phi) is 0.926.